The first-order valence-electron chi connectivity index (χ1n) is 6.43. The first-order chi connectivity index (χ1) is 9.77. The van der Waals surface area contributed by atoms with E-state index in [1.54, 1.807) is 12.1 Å². The van der Waals surface area contributed by atoms with Crippen LogP contribution in [0.4, 0.5) is 5.69 Å². The Labute approximate surface area is 138 Å². The summed E-state index contributed by atoms with van der Waals surface area (Å²) in [5.74, 6) is 0. The lowest BCUT2D eigenvalue weighted by Crippen LogP contribution is -2.14. The lowest BCUT2D eigenvalue weighted by molar-refractivity contribution is 0.597. The van der Waals surface area contributed by atoms with Crippen LogP contribution in [0.1, 0.15) is 24.1 Å². The van der Waals surface area contributed by atoms with E-state index in [1.165, 1.54) is 9.64 Å². The van der Waals surface area contributed by atoms with Crippen molar-refractivity contribution in [1.82, 2.24) is 0 Å². The van der Waals surface area contributed by atoms with Crippen LogP contribution in [0.2, 0.25) is 0 Å². The van der Waals surface area contributed by atoms with Gasteiger partial charge in [0.25, 0.3) is 0 Å². The van der Waals surface area contributed by atoms with Crippen molar-refractivity contribution in [2.24, 2.45) is 5.14 Å². The molecule has 0 heterocycles. The third-order valence-corrected chi connectivity index (χ3v) is 4.83. The minimum absolute atomic E-state index is 0.0227. The molecule has 1 unspecified atom stereocenters. The standard InChI is InChI=1S/C15H17IN2O2S/c1-10-8-13(16)6-7-15(10)18-11(2)12-4-3-5-14(9-12)21(17,19)20/h3-9,11,18H,1-2H3,(H2,17,19,20). The van der Waals surface area contributed by atoms with E-state index in [2.05, 4.69) is 34.0 Å². The van der Waals surface area contributed by atoms with Crippen LogP contribution < -0.4 is 10.5 Å². The van der Waals surface area contributed by atoms with E-state index >= 15 is 0 Å². The quantitative estimate of drug-likeness (QED) is 0.751. The van der Waals surface area contributed by atoms with E-state index in [0.717, 1.165) is 16.8 Å². The number of primary sulfonamides is 1. The average molecular weight is 416 g/mol. The first kappa shape index (κ1) is 16.3. The summed E-state index contributed by atoms with van der Waals surface area (Å²) in [7, 11) is -3.67. The van der Waals surface area contributed by atoms with Crippen molar-refractivity contribution >= 4 is 38.3 Å². The molecule has 0 fully saturated rings. The fraction of sp³-hybridized carbons (Fsp3) is 0.200. The second-order valence-electron chi connectivity index (χ2n) is 4.94. The maximum absolute atomic E-state index is 11.4. The Morgan fingerprint density at radius 2 is 1.90 bits per heavy atom. The molecule has 3 N–H and O–H groups in total. The van der Waals surface area contributed by atoms with Gasteiger partial charge >= 0.3 is 0 Å². The number of aryl methyl sites for hydroxylation is 1. The van der Waals surface area contributed by atoms with E-state index in [9.17, 15) is 8.42 Å². The Morgan fingerprint density at radius 1 is 1.19 bits per heavy atom. The molecule has 0 amide bonds. The fourth-order valence-corrected chi connectivity index (χ4v) is 3.28. The molecule has 0 radical (unpaired) electrons. The van der Waals surface area contributed by atoms with Gasteiger partial charge in [-0.15, -0.1) is 0 Å². The van der Waals surface area contributed by atoms with Crippen molar-refractivity contribution in [2.45, 2.75) is 24.8 Å². The third kappa shape index (κ3) is 4.18. The van der Waals surface area contributed by atoms with Gasteiger partial charge in [-0.2, -0.15) is 0 Å². The zero-order valence-electron chi connectivity index (χ0n) is 11.8. The van der Waals surface area contributed by atoms with E-state index < -0.39 is 10.0 Å². The van der Waals surface area contributed by atoms with Crippen molar-refractivity contribution in [1.29, 1.82) is 0 Å². The highest BCUT2D eigenvalue weighted by Crippen LogP contribution is 2.24. The van der Waals surface area contributed by atoms with Gasteiger partial charge in [0.15, 0.2) is 0 Å². The van der Waals surface area contributed by atoms with Crippen molar-refractivity contribution in [3.05, 3.63) is 57.2 Å². The molecule has 0 spiro atoms. The van der Waals surface area contributed by atoms with Crippen LogP contribution >= 0.6 is 22.6 Å². The van der Waals surface area contributed by atoms with Crippen LogP contribution in [-0.2, 0) is 10.0 Å². The SMILES string of the molecule is Cc1cc(I)ccc1NC(C)c1cccc(S(N)(=O)=O)c1. The predicted molar refractivity (Wildman–Crippen MR) is 93.7 cm³/mol. The Hall–Kier alpha value is -1.12. The fourth-order valence-electron chi connectivity index (χ4n) is 2.07. The van der Waals surface area contributed by atoms with Gasteiger partial charge in [-0.1, -0.05) is 12.1 Å². The minimum atomic E-state index is -3.67. The summed E-state index contributed by atoms with van der Waals surface area (Å²) < 4.78 is 24.0. The number of nitrogens with one attached hydrogen (secondary N) is 1. The third-order valence-electron chi connectivity index (χ3n) is 3.25. The second-order valence-corrected chi connectivity index (χ2v) is 7.75. The number of anilines is 1. The molecular formula is C15H17IN2O2S. The van der Waals surface area contributed by atoms with Gasteiger partial charge in [0.05, 0.1) is 4.90 Å². The smallest absolute Gasteiger partial charge is 0.238 e. The van der Waals surface area contributed by atoms with Gasteiger partial charge in [0, 0.05) is 15.3 Å². The molecule has 6 heteroatoms. The molecule has 0 bridgehead atoms. The van der Waals surface area contributed by atoms with Crippen molar-refractivity contribution in [3.63, 3.8) is 0 Å². The van der Waals surface area contributed by atoms with Gasteiger partial charge in [-0.05, 0) is 77.9 Å². The molecule has 112 valence electrons. The van der Waals surface area contributed by atoms with Crippen molar-refractivity contribution in [3.8, 4) is 0 Å². The van der Waals surface area contributed by atoms with Crippen LogP contribution in [0.3, 0.4) is 0 Å². The predicted octanol–water partition coefficient (Wildman–Crippen LogP) is 3.42. The Morgan fingerprint density at radius 3 is 2.52 bits per heavy atom. The summed E-state index contributed by atoms with van der Waals surface area (Å²) in [5, 5.41) is 8.56. The summed E-state index contributed by atoms with van der Waals surface area (Å²) in [6.07, 6.45) is 0. The van der Waals surface area contributed by atoms with E-state index in [-0.39, 0.29) is 10.9 Å². The Kier molecular flexibility index (Phi) is 4.90. The Balaban J connectivity index is 2.26. The molecule has 0 aromatic heterocycles. The zero-order valence-corrected chi connectivity index (χ0v) is 14.8. The summed E-state index contributed by atoms with van der Waals surface area (Å²) in [6, 6.07) is 12.8. The number of sulfonamides is 1. The summed E-state index contributed by atoms with van der Waals surface area (Å²) >= 11 is 2.27. The van der Waals surface area contributed by atoms with Crippen LogP contribution in [0, 0.1) is 10.5 Å². The van der Waals surface area contributed by atoms with Crippen LogP contribution in [0.5, 0.6) is 0 Å². The lowest BCUT2D eigenvalue weighted by atomic mass is 10.1. The molecule has 4 nitrogen and oxygen atoms in total. The molecule has 0 aliphatic rings. The number of halogens is 1. The molecule has 21 heavy (non-hydrogen) atoms. The number of nitrogens with two attached hydrogens (primary N) is 1. The maximum atomic E-state index is 11.4. The topological polar surface area (TPSA) is 72.2 Å². The van der Waals surface area contributed by atoms with E-state index in [4.69, 9.17) is 5.14 Å². The van der Waals surface area contributed by atoms with Crippen LogP contribution in [0.15, 0.2) is 47.4 Å². The molecule has 2 rings (SSSR count). The normalized spacial score (nSPS) is 13.0. The Bertz CT molecular complexity index is 760. The lowest BCUT2D eigenvalue weighted by Gasteiger charge is -2.18. The van der Waals surface area contributed by atoms with Crippen molar-refractivity contribution in [2.75, 3.05) is 5.32 Å². The highest BCUT2D eigenvalue weighted by atomic mass is 127. The van der Waals surface area contributed by atoms with Crippen LogP contribution in [-0.4, -0.2) is 8.42 Å². The number of hydrogen-bond acceptors (Lipinski definition) is 3. The molecule has 2 aromatic rings. The molecule has 0 saturated carbocycles. The average Bonchev–Trinajstić information content (AvgIpc) is 2.41. The molecular weight excluding hydrogens is 399 g/mol. The van der Waals surface area contributed by atoms with Crippen molar-refractivity contribution < 1.29 is 8.42 Å². The highest BCUT2D eigenvalue weighted by Gasteiger charge is 2.12. The van der Waals surface area contributed by atoms with Gasteiger partial charge in [0.1, 0.15) is 0 Å². The molecule has 0 aliphatic carbocycles. The highest BCUT2D eigenvalue weighted by molar-refractivity contribution is 14.1. The van der Waals surface area contributed by atoms with Gasteiger partial charge in [0.2, 0.25) is 10.0 Å². The minimum Gasteiger partial charge on any atom is -0.378 e. The second kappa shape index (κ2) is 6.33. The first-order valence-corrected chi connectivity index (χ1v) is 9.05. The van der Waals surface area contributed by atoms with Crippen LogP contribution in [0.25, 0.3) is 0 Å². The molecule has 2 aromatic carbocycles. The van der Waals surface area contributed by atoms with Gasteiger partial charge < -0.3 is 5.32 Å². The zero-order chi connectivity index (χ0) is 15.6. The number of benzene rings is 2. The van der Waals surface area contributed by atoms with Gasteiger partial charge in [-0.3, -0.25) is 0 Å². The summed E-state index contributed by atoms with van der Waals surface area (Å²) in [6.45, 7) is 4.03. The van der Waals surface area contributed by atoms with E-state index in [1.807, 2.05) is 32.0 Å². The maximum Gasteiger partial charge on any atom is 0.238 e. The monoisotopic (exact) mass is 416 g/mol. The number of hydrogen-bond donors (Lipinski definition) is 2. The summed E-state index contributed by atoms with van der Waals surface area (Å²) in [5.41, 5.74) is 3.06. The van der Waals surface area contributed by atoms with Gasteiger partial charge in [-0.25, -0.2) is 13.6 Å². The molecule has 0 aliphatic heterocycles. The molecule has 1 atom stereocenters. The largest absolute Gasteiger partial charge is 0.378 e. The molecule has 0 saturated heterocycles. The summed E-state index contributed by atoms with van der Waals surface area (Å²) in [4.78, 5) is 0.132. The number of rotatable bonds is 4. The van der Waals surface area contributed by atoms with E-state index in [0.29, 0.717) is 0 Å².